The van der Waals surface area contributed by atoms with E-state index in [-0.39, 0.29) is 6.04 Å². The topological polar surface area (TPSA) is 84.6 Å². The Balaban J connectivity index is 1.46. The lowest BCUT2D eigenvalue weighted by Gasteiger charge is -2.57. The summed E-state index contributed by atoms with van der Waals surface area (Å²) in [5.41, 5.74) is 7.14. The lowest BCUT2D eigenvalue weighted by Crippen LogP contribution is -2.65. The summed E-state index contributed by atoms with van der Waals surface area (Å²) in [6, 6.07) is 10.6. The predicted octanol–water partition coefficient (Wildman–Crippen LogP) is 2.52. The van der Waals surface area contributed by atoms with Crippen molar-refractivity contribution < 1.29 is 9.53 Å². The minimum Gasteiger partial charge on any atom is -0.497 e. The van der Waals surface area contributed by atoms with Gasteiger partial charge in [0.15, 0.2) is 0 Å². The van der Waals surface area contributed by atoms with Gasteiger partial charge >= 0.3 is 0 Å². The Labute approximate surface area is 177 Å². The SMILES string of the molecule is COc1cccc(C[C@H]2[C@H]3C[C@H](CN(c4cc(N)ncn4)C3)[C@@H]3CCCC(=O)N32)c1. The predicted molar refractivity (Wildman–Crippen MR) is 115 cm³/mol. The van der Waals surface area contributed by atoms with Crippen LogP contribution in [-0.4, -0.2) is 53.1 Å². The first kappa shape index (κ1) is 19.2. The van der Waals surface area contributed by atoms with Crippen molar-refractivity contribution in [2.45, 2.75) is 44.2 Å². The van der Waals surface area contributed by atoms with Crippen LogP contribution in [0.5, 0.6) is 5.75 Å². The number of nitrogens with zero attached hydrogens (tertiary/aromatic N) is 4. The Morgan fingerprint density at radius 2 is 2.07 bits per heavy atom. The van der Waals surface area contributed by atoms with Crippen LogP contribution in [0.4, 0.5) is 11.6 Å². The summed E-state index contributed by atoms with van der Waals surface area (Å²) in [4.78, 5) is 26.2. The zero-order valence-corrected chi connectivity index (χ0v) is 17.4. The van der Waals surface area contributed by atoms with Crippen LogP contribution in [0.25, 0.3) is 0 Å². The Morgan fingerprint density at radius 3 is 2.90 bits per heavy atom. The van der Waals surface area contributed by atoms with Gasteiger partial charge in [-0.25, -0.2) is 9.97 Å². The lowest BCUT2D eigenvalue weighted by molar-refractivity contribution is -0.148. The molecule has 3 saturated heterocycles. The number of hydrogen-bond acceptors (Lipinski definition) is 6. The number of anilines is 2. The van der Waals surface area contributed by atoms with Crippen molar-refractivity contribution in [1.29, 1.82) is 0 Å². The molecule has 158 valence electrons. The molecule has 2 aromatic rings. The van der Waals surface area contributed by atoms with Gasteiger partial charge < -0.3 is 20.3 Å². The second kappa shape index (κ2) is 7.78. The first-order valence-corrected chi connectivity index (χ1v) is 10.9. The molecule has 0 unspecified atom stereocenters. The van der Waals surface area contributed by atoms with Gasteiger partial charge in [-0.3, -0.25) is 4.79 Å². The van der Waals surface area contributed by atoms with Gasteiger partial charge in [-0.05, 0) is 55.2 Å². The van der Waals surface area contributed by atoms with E-state index in [0.717, 1.165) is 43.9 Å². The van der Waals surface area contributed by atoms with Crippen molar-refractivity contribution in [2.24, 2.45) is 11.8 Å². The highest BCUT2D eigenvalue weighted by Gasteiger charge is 2.49. The molecule has 4 heterocycles. The maximum atomic E-state index is 13.0. The summed E-state index contributed by atoms with van der Waals surface area (Å²) in [6.07, 6.45) is 6.33. The fraction of sp³-hybridized carbons (Fsp3) is 0.522. The minimum absolute atomic E-state index is 0.202. The molecule has 2 N–H and O–H groups in total. The Morgan fingerprint density at radius 1 is 1.20 bits per heavy atom. The average molecular weight is 408 g/mol. The number of nitrogen functional groups attached to an aromatic ring is 1. The van der Waals surface area contributed by atoms with Crippen molar-refractivity contribution >= 4 is 17.5 Å². The van der Waals surface area contributed by atoms with Crippen LogP contribution < -0.4 is 15.4 Å². The molecule has 3 aliphatic heterocycles. The molecule has 0 spiro atoms. The molecule has 1 aromatic heterocycles. The molecule has 2 bridgehead atoms. The number of carbonyl (C=O) groups excluding carboxylic acids is 1. The molecule has 1 amide bonds. The first-order chi connectivity index (χ1) is 14.6. The largest absolute Gasteiger partial charge is 0.497 e. The van der Waals surface area contributed by atoms with Crippen molar-refractivity contribution in [2.75, 3.05) is 30.8 Å². The molecule has 7 heteroatoms. The van der Waals surface area contributed by atoms with Gasteiger partial charge in [0.2, 0.25) is 5.91 Å². The number of methoxy groups -OCH3 is 1. The van der Waals surface area contributed by atoms with Crippen molar-refractivity contribution in [1.82, 2.24) is 14.9 Å². The number of amides is 1. The Hall–Kier alpha value is -2.83. The molecule has 3 fully saturated rings. The number of hydrogen-bond donors (Lipinski definition) is 1. The van der Waals surface area contributed by atoms with E-state index in [2.05, 4.69) is 31.9 Å². The molecule has 1 aromatic carbocycles. The lowest BCUT2D eigenvalue weighted by atomic mass is 9.70. The van der Waals surface area contributed by atoms with Crippen LogP contribution in [0.3, 0.4) is 0 Å². The molecular formula is C23H29N5O2. The summed E-state index contributed by atoms with van der Waals surface area (Å²) in [7, 11) is 1.70. The summed E-state index contributed by atoms with van der Waals surface area (Å²) in [5.74, 6) is 3.47. The number of ether oxygens (including phenoxy) is 1. The van der Waals surface area contributed by atoms with Crippen LogP contribution in [0.1, 0.15) is 31.2 Å². The third kappa shape index (κ3) is 3.46. The van der Waals surface area contributed by atoms with Gasteiger partial charge in [0, 0.05) is 37.7 Å². The number of rotatable bonds is 4. The van der Waals surface area contributed by atoms with Crippen LogP contribution in [0.15, 0.2) is 36.7 Å². The minimum atomic E-state index is 0.202. The average Bonchev–Trinajstić information content (AvgIpc) is 2.77. The van der Waals surface area contributed by atoms with Gasteiger partial charge in [-0.15, -0.1) is 0 Å². The van der Waals surface area contributed by atoms with E-state index >= 15 is 0 Å². The van der Waals surface area contributed by atoms with E-state index in [0.29, 0.717) is 36.0 Å². The number of piperidine rings is 3. The van der Waals surface area contributed by atoms with Crippen LogP contribution in [0.2, 0.25) is 0 Å². The van der Waals surface area contributed by atoms with Crippen LogP contribution in [-0.2, 0) is 11.2 Å². The van der Waals surface area contributed by atoms with E-state index in [1.807, 2.05) is 18.2 Å². The maximum Gasteiger partial charge on any atom is 0.223 e. The van der Waals surface area contributed by atoms with E-state index in [1.54, 1.807) is 13.4 Å². The van der Waals surface area contributed by atoms with E-state index in [9.17, 15) is 4.79 Å². The summed E-state index contributed by atoms with van der Waals surface area (Å²) >= 11 is 0. The number of benzene rings is 1. The van der Waals surface area contributed by atoms with Gasteiger partial charge in [0.05, 0.1) is 7.11 Å². The summed E-state index contributed by atoms with van der Waals surface area (Å²) in [5, 5.41) is 0. The highest BCUT2D eigenvalue weighted by molar-refractivity contribution is 5.78. The normalized spacial score (nSPS) is 28.2. The fourth-order valence-corrected chi connectivity index (χ4v) is 5.80. The molecule has 4 atom stereocenters. The summed E-state index contributed by atoms with van der Waals surface area (Å²) < 4.78 is 5.42. The molecule has 5 rings (SSSR count). The third-order valence-electron chi connectivity index (χ3n) is 7.07. The van der Waals surface area contributed by atoms with Gasteiger partial charge in [-0.2, -0.15) is 0 Å². The quantitative estimate of drug-likeness (QED) is 0.838. The van der Waals surface area contributed by atoms with E-state index < -0.39 is 0 Å². The number of fused-ring (bicyclic) bond motifs is 4. The molecule has 30 heavy (non-hydrogen) atoms. The third-order valence-corrected chi connectivity index (χ3v) is 7.07. The monoisotopic (exact) mass is 407 g/mol. The van der Waals surface area contributed by atoms with Crippen molar-refractivity contribution in [3.05, 3.63) is 42.2 Å². The number of nitrogens with two attached hydrogens (primary N) is 1. The molecule has 0 aliphatic carbocycles. The molecule has 0 saturated carbocycles. The van der Waals surface area contributed by atoms with Crippen LogP contribution in [0, 0.1) is 11.8 Å². The second-order valence-corrected chi connectivity index (χ2v) is 8.85. The standard InChI is InChI=1S/C23H29N5O2/c1-30-18-5-2-4-15(8-18)9-20-17-10-16(19-6-3-7-23(29)28(19)20)12-27(13-17)22-11-21(24)25-14-26-22/h2,4-5,8,11,14,16-17,19-20H,3,6-7,9-10,12-13H2,1H3,(H2,24,25,26)/t16-,17+,19+,20+/m1/s1. The first-order valence-electron chi connectivity index (χ1n) is 10.9. The Kier molecular flexibility index (Phi) is 4.97. The number of aromatic nitrogens is 2. The zero-order valence-electron chi connectivity index (χ0n) is 17.4. The van der Waals surface area contributed by atoms with Crippen molar-refractivity contribution in [3.63, 3.8) is 0 Å². The van der Waals surface area contributed by atoms with Gasteiger partial charge in [-0.1, -0.05) is 12.1 Å². The fourth-order valence-electron chi connectivity index (χ4n) is 5.80. The molecule has 7 nitrogen and oxygen atoms in total. The second-order valence-electron chi connectivity index (χ2n) is 8.85. The highest BCUT2D eigenvalue weighted by Crippen LogP contribution is 2.43. The van der Waals surface area contributed by atoms with E-state index in [1.165, 1.54) is 12.0 Å². The van der Waals surface area contributed by atoms with E-state index in [4.69, 9.17) is 10.5 Å². The maximum absolute atomic E-state index is 13.0. The summed E-state index contributed by atoms with van der Waals surface area (Å²) in [6.45, 7) is 1.81. The number of carbonyl (C=O) groups is 1. The van der Waals surface area contributed by atoms with Gasteiger partial charge in [0.25, 0.3) is 0 Å². The molecular weight excluding hydrogens is 378 g/mol. The smallest absolute Gasteiger partial charge is 0.223 e. The molecule has 3 aliphatic rings. The highest BCUT2D eigenvalue weighted by atomic mass is 16.5. The van der Waals surface area contributed by atoms with Crippen molar-refractivity contribution in [3.8, 4) is 5.75 Å². The van der Waals surface area contributed by atoms with Crippen LogP contribution >= 0.6 is 0 Å². The van der Waals surface area contributed by atoms with Gasteiger partial charge in [0.1, 0.15) is 23.7 Å². The molecule has 0 radical (unpaired) electrons. The zero-order chi connectivity index (χ0) is 20.7. The Bertz CT molecular complexity index is 935.